The normalized spacial score (nSPS) is 31.9. The average Bonchev–Trinajstić information content (AvgIpc) is 3.07. The van der Waals surface area contributed by atoms with Gasteiger partial charge in [0.05, 0.1) is 11.8 Å². The number of hydrogen-bond donors (Lipinski definition) is 2. The van der Waals surface area contributed by atoms with Crippen LogP contribution in [0, 0.1) is 17.4 Å². The summed E-state index contributed by atoms with van der Waals surface area (Å²) in [5.41, 5.74) is 12.3. The van der Waals surface area contributed by atoms with Crippen molar-refractivity contribution in [2.45, 2.75) is 71.8 Å². The van der Waals surface area contributed by atoms with Gasteiger partial charge in [-0.15, -0.1) is 0 Å². The molecule has 1 aliphatic rings. The minimum absolute atomic E-state index is 0.0712. The molecule has 6 atom stereocenters. The van der Waals surface area contributed by atoms with Gasteiger partial charge in [-0.1, -0.05) is 43.7 Å². The topological polar surface area (TPSA) is 59.4 Å². The van der Waals surface area contributed by atoms with Crippen LogP contribution in [0.15, 0.2) is 12.2 Å². The summed E-state index contributed by atoms with van der Waals surface area (Å²) in [6.07, 6.45) is 7.82. The van der Waals surface area contributed by atoms with Crippen molar-refractivity contribution in [2.75, 3.05) is 7.05 Å². The van der Waals surface area contributed by atoms with Gasteiger partial charge in [-0.05, 0) is 27.2 Å². The molecule has 4 nitrogen and oxygen atoms in total. The maximum Gasteiger partial charge on any atom is 0.276 e. The van der Waals surface area contributed by atoms with Gasteiger partial charge in [0, 0.05) is 11.5 Å². The van der Waals surface area contributed by atoms with Crippen LogP contribution in [-0.2, 0) is 0 Å². The van der Waals surface area contributed by atoms with Crippen molar-refractivity contribution in [3.8, 4) is 6.07 Å². The lowest BCUT2D eigenvalue weighted by molar-refractivity contribution is 0.0624. The monoisotopic (exact) mass is 293 g/mol. The third-order valence-corrected chi connectivity index (χ3v) is 5.20. The molecule has 0 amide bonds. The first-order valence-corrected chi connectivity index (χ1v) is 8.09. The van der Waals surface area contributed by atoms with Crippen LogP contribution in [0.2, 0.25) is 0 Å². The Morgan fingerprint density at radius 2 is 2.05 bits per heavy atom. The van der Waals surface area contributed by atoms with E-state index in [9.17, 15) is 0 Å². The molecule has 120 valence electrons. The van der Waals surface area contributed by atoms with Gasteiger partial charge < -0.3 is 11.5 Å². The van der Waals surface area contributed by atoms with Gasteiger partial charge in [-0.2, -0.15) is 0 Å². The van der Waals surface area contributed by atoms with Crippen LogP contribution in [0.1, 0.15) is 53.9 Å². The molecule has 0 spiro atoms. The first-order valence-electron chi connectivity index (χ1n) is 8.09. The van der Waals surface area contributed by atoms with Gasteiger partial charge in [0.2, 0.25) is 0 Å². The molecule has 1 saturated heterocycles. The molecule has 1 aliphatic heterocycles. The third-order valence-electron chi connectivity index (χ3n) is 5.20. The van der Waals surface area contributed by atoms with Crippen molar-refractivity contribution in [1.29, 1.82) is 0 Å². The average molecular weight is 293 g/mol. The molecule has 1 rings (SSSR count). The Morgan fingerprint density at radius 3 is 2.52 bits per heavy atom. The molecule has 21 heavy (non-hydrogen) atoms. The minimum atomic E-state index is -0.519. The second kappa shape index (κ2) is 6.91. The van der Waals surface area contributed by atoms with Crippen molar-refractivity contribution in [2.24, 2.45) is 22.8 Å². The lowest BCUT2D eigenvalue weighted by Crippen LogP contribution is -2.60. The number of nitrogens with zero attached hydrogens (tertiary/aromatic N) is 2. The molecule has 4 heteroatoms. The maximum atomic E-state index is 6.78. The maximum absolute atomic E-state index is 6.78. The van der Waals surface area contributed by atoms with Crippen molar-refractivity contribution < 1.29 is 0 Å². The van der Waals surface area contributed by atoms with E-state index in [1.807, 2.05) is 6.92 Å². The van der Waals surface area contributed by atoms with E-state index in [0.717, 1.165) is 6.42 Å². The molecule has 0 aliphatic carbocycles. The van der Waals surface area contributed by atoms with Crippen molar-refractivity contribution >= 4 is 0 Å². The van der Waals surface area contributed by atoms with E-state index in [2.05, 4.69) is 55.7 Å². The second-order valence-corrected chi connectivity index (χ2v) is 6.61. The summed E-state index contributed by atoms with van der Waals surface area (Å²) in [5, 5.41) is 0. The molecule has 0 radical (unpaired) electrons. The minimum Gasteiger partial charge on any atom is -0.314 e. The Hall–Kier alpha value is -0.890. The Bertz CT molecular complexity index is 432. The zero-order valence-corrected chi connectivity index (χ0v) is 14.6. The Balaban J connectivity index is 3.03. The number of rotatable bonds is 7. The van der Waals surface area contributed by atoms with Gasteiger partial charge >= 0.3 is 0 Å². The fourth-order valence-electron chi connectivity index (χ4n) is 3.38. The van der Waals surface area contributed by atoms with E-state index in [1.54, 1.807) is 7.05 Å². The lowest BCUT2D eigenvalue weighted by atomic mass is 9.69. The summed E-state index contributed by atoms with van der Waals surface area (Å²) in [7, 11) is 1.76. The van der Waals surface area contributed by atoms with Crippen LogP contribution in [0.5, 0.6) is 0 Å². The molecule has 0 aromatic heterocycles. The molecule has 0 saturated carbocycles. The number of unbranched alkanes of at least 4 members (excludes halogenated alkanes) is 1. The van der Waals surface area contributed by atoms with Crippen molar-refractivity contribution in [3.05, 3.63) is 17.0 Å². The standard InChI is InChI=1S/C17H33N4/c1-7-9-10-14-15(18)21(14)17(5,19)16(4,11-8-2)13(3)12-20-6/h8,11,13-15H,7,9-10,18-19H2,1-6H3/q+1. The van der Waals surface area contributed by atoms with Gasteiger partial charge in [0.15, 0.2) is 0 Å². The van der Waals surface area contributed by atoms with Crippen LogP contribution < -0.4 is 11.5 Å². The highest BCUT2D eigenvalue weighted by Crippen LogP contribution is 2.47. The zero-order chi connectivity index (χ0) is 16.3. The molecule has 0 bridgehead atoms. The van der Waals surface area contributed by atoms with Gasteiger partial charge in [0.1, 0.15) is 5.92 Å². The summed E-state index contributed by atoms with van der Waals surface area (Å²) in [6, 6.07) is 3.56. The molecular formula is C17H33N4+. The van der Waals surface area contributed by atoms with Crippen molar-refractivity contribution in [3.63, 3.8) is 0 Å². The van der Waals surface area contributed by atoms with Crippen LogP contribution in [-0.4, -0.2) is 29.8 Å². The van der Waals surface area contributed by atoms with E-state index in [1.165, 1.54) is 12.8 Å². The third kappa shape index (κ3) is 3.31. The predicted octanol–water partition coefficient (Wildman–Crippen LogP) is 3.00. The molecule has 4 N–H and O–H groups in total. The molecule has 0 aromatic rings. The SMILES string of the molecule is CC=CC(C)(C(C)C#[N+]C)C(C)(N)N1C(N)C1CCCC. The molecule has 0 aromatic carbocycles. The highest BCUT2D eigenvalue weighted by molar-refractivity contribution is 5.20. The highest BCUT2D eigenvalue weighted by atomic mass is 15.5. The van der Waals surface area contributed by atoms with Gasteiger partial charge in [-0.3, -0.25) is 4.90 Å². The van der Waals surface area contributed by atoms with Gasteiger partial charge in [-0.25, -0.2) is 0 Å². The number of hydrogen-bond acceptors (Lipinski definition) is 3. The summed E-state index contributed by atoms with van der Waals surface area (Å²) in [5.74, 6) is 0.119. The van der Waals surface area contributed by atoms with E-state index >= 15 is 0 Å². The Labute approximate surface area is 130 Å². The first kappa shape index (κ1) is 18.2. The van der Waals surface area contributed by atoms with Crippen LogP contribution >= 0.6 is 0 Å². The summed E-state index contributed by atoms with van der Waals surface area (Å²) in [6.45, 7) is 10.6. The van der Waals surface area contributed by atoms with E-state index in [4.69, 9.17) is 11.5 Å². The molecule has 1 fully saturated rings. The number of nitrogens with two attached hydrogens (primary N) is 2. The summed E-state index contributed by atoms with van der Waals surface area (Å²) >= 11 is 0. The van der Waals surface area contributed by atoms with Crippen LogP contribution in [0.3, 0.4) is 0 Å². The Morgan fingerprint density at radius 1 is 1.43 bits per heavy atom. The summed E-state index contributed by atoms with van der Waals surface area (Å²) < 4.78 is 0. The quantitative estimate of drug-likeness (QED) is 0.560. The Kier molecular flexibility index (Phi) is 5.98. The highest BCUT2D eigenvalue weighted by Gasteiger charge is 2.60. The predicted molar refractivity (Wildman–Crippen MR) is 91.0 cm³/mol. The lowest BCUT2D eigenvalue weighted by Gasteiger charge is -2.45. The van der Waals surface area contributed by atoms with Crippen LogP contribution in [0.4, 0.5) is 0 Å². The van der Waals surface area contributed by atoms with E-state index < -0.39 is 5.66 Å². The fraction of sp³-hybridized carbons (Fsp3) is 0.824. The first-order chi connectivity index (χ1) is 9.77. The second-order valence-electron chi connectivity index (χ2n) is 6.61. The molecule has 1 heterocycles. The smallest absolute Gasteiger partial charge is 0.276 e. The summed E-state index contributed by atoms with van der Waals surface area (Å²) in [4.78, 5) is 6.34. The van der Waals surface area contributed by atoms with Crippen LogP contribution in [0.25, 0.3) is 4.85 Å². The van der Waals surface area contributed by atoms with E-state index in [-0.39, 0.29) is 17.5 Å². The van der Waals surface area contributed by atoms with E-state index in [0.29, 0.717) is 6.04 Å². The molecule has 6 unspecified atom stereocenters. The number of allylic oxidation sites excluding steroid dienone is 1. The van der Waals surface area contributed by atoms with Crippen molar-refractivity contribution in [1.82, 2.24) is 4.90 Å². The largest absolute Gasteiger partial charge is 0.314 e. The zero-order valence-electron chi connectivity index (χ0n) is 14.6. The molecular weight excluding hydrogens is 260 g/mol. The van der Waals surface area contributed by atoms with Gasteiger partial charge in [0.25, 0.3) is 13.1 Å². The fourth-order valence-corrected chi connectivity index (χ4v) is 3.38.